The molecular weight excluding hydrogens is 433 g/mol. The van der Waals surface area contributed by atoms with Gasteiger partial charge in [-0.3, -0.25) is 10.00 Å². The lowest BCUT2D eigenvalue weighted by atomic mass is 10.1. The minimum absolute atomic E-state index is 0.128. The molecular formula is C18H15F3N8O3. The fraction of sp³-hybridized carbons (Fsp3) is 0.167. The summed E-state index contributed by atoms with van der Waals surface area (Å²) < 4.78 is 45.5. The van der Waals surface area contributed by atoms with Gasteiger partial charge < -0.3 is 15.0 Å². The van der Waals surface area contributed by atoms with Crippen LogP contribution in [0.25, 0.3) is 22.6 Å². The van der Waals surface area contributed by atoms with Crippen LogP contribution in [0.1, 0.15) is 12.2 Å². The molecule has 0 spiro atoms. The molecule has 0 radical (unpaired) electrons. The highest BCUT2D eigenvalue weighted by Crippen LogP contribution is 2.38. The lowest BCUT2D eigenvalue weighted by Crippen LogP contribution is -2.11. The average molecular weight is 448 g/mol. The Labute approximate surface area is 177 Å². The van der Waals surface area contributed by atoms with Crippen LogP contribution in [0, 0.1) is 0 Å². The number of alkyl halides is 2. The summed E-state index contributed by atoms with van der Waals surface area (Å²) in [6, 6.07) is 6.42. The lowest BCUT2D eigenvalue weighted by molar-refractivity contribution is -0.0544. The number of para-hydroxylation sites is 1. The molecule has 0 saturated carbocycles. The van der Waals surface area contributed by atoms with Crippen molar-refractivity contribution in [3.8, 4) is 17.1 Å². The van der Waals surface area contributed by atoms with E-state index in [1.54, 1.807) is 25.2 Å². The van der Waals surface area contributed by atoms with E-state index < -0.39 is 18.3 Å². The van der Waals surface area contributed by atoms with E-state index >= 15 is 0 Å². The average Bonchev–Trinajstić information content (AvgIpc) is 3.40. The SMILES string of the molecule is COc1c(Nc2cc(NC(=O)OF)nc3nc(C(F)F)[nH]c23)cccc1-c1ncn(C)n1. The fourth-order valence-electron chi connectivity index (χ4n) is 3.03. The summed E-state index contributed by atoms with van der Waals surface area (Å²) in [5.74, 6) is -0.0342. The van der Waals surface area contributed by atoms with Gasteiger partial charge in [-0.15, -0.1) is 0 Å². The molecule has 32 heavy (non-hydrogen) atoms. The Morgan fingerprint density at radius 3 is 2.72 bits per heavy atom. The number of hydrogen-bond acceptors (Lipinski definition) is 8. The Hall–Kier alpha value is -4.36. The zero-order valence-corrected chi connectivity index (χ0v) is 16.6. The second-order valence-electron chi connectivity index (χ2n) is 6.42. The van der Waals surface area contributed by atoms with Gasteiger partial charge in [0.1, 0.15) is 17.7 Å². The van der Waals surface area contributed by atoms with Crippen LogP contribution in [0.5, 0.6) is 5.75 Å². The molecule has 4 aromatic rings. The third kappa shape index (κ3) is 3.97. The number of nitrogens with zero attached hydrogens (tertiary/aromatic N) is 5. The minimum Gasteiger partial charge on any atom is -0.494 e. The number of hydrogen-bond donors (Lipinski definition) is 3. The first-order chi connectivity index (χ1) is 15.4. The van der Waals surface area contributed by atoms with E-state index in [0.717, 1.165) is 0 Å². The van der Waals surface area contributed by atoms with Gasteiger partial charge in [0.25, 0.3) is 6.43 Å². The molecule has 0 aliphatic heterocycles. The molecule has 3 heterocycles. The van der Waals surface area contributed by atoms with Gasteiger partial charge >= 0.3 is 6.09 Å². The predicted molar refractivity (Wildman–Crippen MR) is 106 cm³/mol. The Bertz CT molecular complexity index is 1290. The largest absolute Gasteiger partial charge is 0.494 e. The van der Waals surface area contributed by atoms with Crippen LogP contribution in [0.3, 0.4) is 0 Å². The van der Waals surface area contributed by atoms with Gasteiger partial charge in [0.15, 0.2) is 23.0 Å². The Morgan fingerprint density at radius 1 is 1.25 bits per heavy atom. The predicted octanol–water partition coefficient (Wildman–Crippen LogP) is 3.88. The third-order valence-electron chi connectivity index (χ3n) is 4.32. The van der Waals surface area contributed by atoms with Gasteiger partial charge in [0.05, 0.1) is 24.0 Å². The monoisotopic (exact) mass is 448 g/mol. The van der Waals surface area contributed by atoms with Gasteiger partial charge in [-0.2, -0.15) is 5.10 Å². The minimum atomic E-state index is -2.89. The van der Waals surface area contributed by atoms with E-state index in [0.29, 0.717) is 22.8 Å². The number of aromatic nitrogens is 6. The highest BCUT2D eigenvalue weighted by Gasteiger charge is 2.20. The molecule has 3 aromatic heterocycles. The maximum absolute atomic E-state index is 13.2. The number of aromatic amines is 1. The molecule has 3 N–H and O–H groups in total. The first-order valence-corrected chi connectivity index (χ1v) is 8.98. The quantitative estimate of drug-likeness (QED) is 0.405. The number of anilines is 3. The van der Waals surface area contributed by atoms with Gasteiger partial charge in [0.2, 0.25) is 0 Å². The summed E-state index contributed by atoms with van der Waals surface area (Å²) in [5.41, 5.74) is 1.19. The number of amides is 1. The molecule has 11 nitrogen and oxygen atoms in total. The maximum atomic E-state index is 13.2. The lowest BCUT2D eigenvalue weighted by Gasteiger charge is -2.15. The molecule has 0 bridgehead atoms. The highest BCUT2D eigenvalue weighted by molar-refractivity contribution is 5.94. The van der Waals surface area contributed by atoms with E-state index in [2.05, 4.69) is 35.3 Å². The molecule has 0 aliphatic carbocycles. The molecule has 0 atom stereocenters. The number of benzene rings is 1. The summed E-state index contributed by atoms with van der Waals surface area (Å²) in [6.07, 6.45) is -2.80. The van der Waals surface area contributed by atoms with Gasteiger partial charge in [-0.25, -0.2) is 33.5 Å². The first-order valence-electron chi connectivity index (χ1n) is 8.98. The number of rotatable bonds is 6. The Kier molecular flexibility index (Phi) is 5.49. The van der Waals surface area contributed by atoms with Crippen molar-refractivity contribution in [2.24, 2.45) is 7.05 Å². The Balaban J connectivity index is 1.82. The summed E-state index contributed by atoms with van der Waals surface area (Å²) in [6.45, 7) is 0. The van der Waals surface area contributed by atoms with Crippen LogP contribution in [0.15, 0.2) is 30.6 Å². The number of carbonyl (C=O) groups is 1. The molecule has 0 saturated heterocycles. The summed E-state index contributed by atoms with van der Waals surface area (Å²) in [5, 5.41) is 9.33. The molecule has 4 rings (SSSR count). The van der Waals surface area contributed by atoms with E-state index in [-0.39, 0.29) is 22.7 Å². The third-order valence-corrected chi connectivity index (χ3v) is 4.32. The van der Waals surface area contributed by atoms with Gasteiger partial charge in [0, 0.05) is 17.6 Å². The standard InChI is InChI=1S/C18H15F3N8O3/c1-29-7-22-15(28-29)8-4-3-5-9(13(8)31-2)23-10-6-11(25-18(30)32-21)24-16-12(10)26-17(27-16)14(19)20/h3-7,14H,1-2H3,(H3,23,24,25,26,27,30). The number of H-pyrrole nitrogens is 1. The van der Waals surface area contributed by atoms with Crippen LogP contribution in [-0.2, 0) is 12.0 Å². The number of fused-ring (bicyclic) bond motifs is 1. The normalized spacial score (nSPS) is 11.1. The Morgan fingerprint density at radius 2 is 2.06 bits per heavy atom. The molecule has 1 amide bonds. The molecule has 0 fully saturated rings. The number of aryl methyl sites for hydroxylation is 1. The van der Waals surface area contributed by atoms with Crippen molar-refractivity contribution in [2.75, 3.05) is 17.7 Å². The topological polar surface area (TPSA) is 132 Å². The molecule has 0 aliphatic rings. The van der Waals surface area contributed by atoms with Crippen molar-refractivity contribution in [1.82, 2.24) is 29.7 Å². The van der Waals surface area contributed by atoms with Crippen LogP contribution in [0.2, 0.25) is 0 Å². The van der Waals surface area contributed by atoms with E-state index in [4.69, 9.17) is 4.74 Å². The van der Waals surface area contributed by atoms with E-state index in [9.17, 15) is 18.1 Å². The second kappa shape index (κ2) is 8.41. The van der Waals surface area contributed by atoms with Crippen molar-refractivity contribution < 1.29 is 27.8 Å². The van der Waals surface area contributed by atoms with Crippen molar-refractivity contribution in [3.63, 3.8) is 0 Å². The van der Waals surface area contributed by atoms with E-state index in [1.165, 1.54) is 24.2 Å². The van der Waals surface area contributed by atoms with Crippen molar-refractivity contribution >= 4 is 34.4 Å². The number of carbonyl (C=O) groups excluding carboxylic acids is 1. The zero-order chi connectivity index (χ0) is 22.8. The number of methoxy groups -OCH3 is 1. The van der Waals surface area contributed by atoms with Crippen LogP contribution >= 0.6 is 0 Å². The maximum Gasteiger partial charge on any atom is 0.450 e. The summed E-state index contributed by atoms with van der Waals surface area (Å²) >= 11 is 0. The number of imidazole rings is 1. The molecule has 14 heteroatoms. The van der Waals surface area contributed by atoms with Crippen LogP contribution < -0.4 is 15.4 Å². The summed E-state index contributed by atoms with van der Waals surface area (Å²) in [4.78, 5) is 28.7. The summed E-state index contributed by atoms with van der Waals surface area (Å²) in [7, 11) is 3.17. The number of halogens is 3. The van der Waals surface area contributed by atoms with Crippen molar-refractivity contribution in [3.05, 3.63) is 36.4 Å². The van der Waals surface area contributed by atoms with E-state index in [1.807, 2.05) is 5.32 Å². The number of pyridine rings is 1. The number of nitrogens with one attached hydrogen (secondary N) is 3. The number of ether oxygens (including phenoxy) is 1. The first kappa shape index (κ1) is 20.9. The second-order valence-corrected chi connectivity index (χ2v) is 6.42. The van der Waals surface area contributed by atoms with Crippen molar-refractivity contribution in [2.45, 2.75) is 6.43 Å². The van der Waals surface area contributed by atoms with Gasteiger partial charge in [-0.1, -0.05) is 6.07 Å². The van der Waals surface area contributed by atoms with Crippen molar-refractivity contribution in [1.29, 1.82) is 0 Å². The highest BCUT2D eigenvalue weighted by atomic mass is 19.3. The molecule has 0 unspecified atom stereocenters. The van der Waals surface area contributed by atoms with Gasteiger partial charge in [-0.05, 0) is 12.1 Å². The fourth-order valence-corrected chi connectivity index (χ4v) is 3.03. The smallest absolute Gasteiger partial charge is 0.450 e. The zero-order valence-electron chi connectivity index (χ0n) is 16.6. The molecule has 166 valence electrons. The molecule has 1 aromatic carbocycles. The van der Waals surface area contributed by atoms with Crippen LogP contribution in [0.4, 0.5) is 35.3 Å². The van der Waals surface area contributed by atoms with Crippen LogP contribution in [-0.4, -0.2) is 42.9 Å².